The van der Waals surface area contributed by atoms with Gasteiger partial charge in [0, 0.05) is 11.3 Å². The molecule has 31 heavy (non-hydrogen) atoms. The number of aromatic amines is 1. The number of fused-ring (bicyclic) bond motifs is 1. The number of hydrogen-bond donors (Lipinski definition) is 1. The van der Waals surface area contributed by atoms with Crippen molar-refractivity contribution >= 4 is 44.9 Å². The zero-order valence-corrected chi connectivity index (χ0v) is 19.6. The molecule has 4 rings (SSSR count). The largest absolute Gasteiger partial charge is 0.301 e. The Morgan fingerprint density at radius 1 is 1.32 bits per heavy atom. The first-order chi connectivity index (χ1) is 15.0. The molecule has 0 radical (unpaired) electrons. The maximum atomic E-state index is 12.8. The van der Waals surface area contributed by atoms with Gasteiger partial charge in [-0.3, -0.25) is 9.59 Å². The number of nitrogens with one attached hydrogen (secondary N) is 1. The molecule has 0 fully saturated rings. The Bertz CT molecular complexity index is 1180. The summed E-state index contributed by atoms with van der Waals surface area (Å²) in [4.78, 5) is 34.8. The minimum atomic E-state index is -0.117. The molecule has 3 heterocycles. The second-order valence-corrected chi connectivity index (χ2v) is 10.0. The maximum Gasteiger partial charge on any atom is 0.260 e. The van der Waals surface area contributed by atoms with Gasteiger partial charge in [-0.2, -0.15) is 5.10 Å². The van der Waals surface area contributed by atoms with Crippen molar-refractivity contribution in [1.82, 2.24) is 15.0 Å². The van der Waals surface area contributed by atoms with E-state index in [1.165, 1.54) is 16.8 Å². The Kier molecular flexibility index (Phi) is 6.57. The summed E-state index contributed by atoms with van der Waals surface area (Å²) >= 11 is 2.81. The van der Waals surface area contributed by atoms with Gasteiger partial charge in [-0.15, -0.1) is 11.3 Å². The number of aryl methyl sites for hydroxylation is 1. The fourth-order valence-corrected chi connectivity index (χ4v) is 5.48. The number of carbonyl (C=O) groups excluding carboxylic acids is 1. The molecule has 1 N–H and O–H groups in total. The third-order valence-electron chi connectivity index (χ3n) is 5.62. The number of carbonyl (C=O) groups is 1. The highest BCUT2D eigenvalue weighted by Crippen LogP contribution is 2.30. The van der Waals surface area contributed by atoms with E-state index >= 15 is 0 Å². The zero-order valence-electron chi connectivity index (χ0n) is 18.0. The molecule has 0 bridgehead atoms. The summed E-state index contributed by atoms with van der Waals surface area (Å²) < 4.78 is 0. The Balaban J connectivity index is 1.46. The standard InChI is InChI=1S/C23H26N4O2S2/c1-4-14(2)12-17-15(3)31-22-20(17)21(29)24-23(25-22)30-13-19(28)27-11-10-18(26-27)16-8-6-5-7-9-16/h5-9,14H,4,10-13H2,1-3H3,(H,24,25,29)/t14-/m1/s1. The molecule has 162 valence electrons. The molecule has 8 heteroatoms. The van der Waals surface area contributed by atoms with Gasteiger partial charge in [-0.25, -0.2) is 9.99 Å². The number of benzene rings is 1. The second kappa shape index (κ2) is 9.36. The molecule has 6 nitrogen and oxygen atoms in total. The number of H-pyrrole nitrogens is 1. The van der Waals surface area contributed by atoms with Crippen molar-refractivity contribution in [2.45, 2.75) is 45.2 Å². The molecule has 1 aliphatic rings. The van der Waals surface area contributed by atoms with Crippen molar-refractivity contribution in [2.24, 2.45) is 11.0 Å². The molecule has 0 spiro atoms. The molecule has 3 aromatic rings. The Labute approximate surface area is 189 Å². The van der Waals surface area contributed by atoms with E-state index in [1.54, 1.807) is 11.3 Å². The van der Waals surface area contributed by atoms with E-state index in [2.05, 4.69) is 35.8 Å². The van der Waals surface area contributed by atoms with Gasteiger partial charge in [0.25, 0.3) is 11.5 Å². The van der Waals surface area contributed by atoms with Crippen LogP contribution in [-0.4, -0.2) is 38.9 Å². The van der Waals surface area contributed by atoms with Crippen molar-refractivity contribution < 1.29 is 4.79 Å². The van der Waals surface area contributed by atoms with E-state index in [9.17, 15) is 9.59 Å². The van der Waals surface area contributed by atoms with E-state index in [1.807, 2.05) is 30.3 Å². The molecule has 0 saturated carbocycles. The van der Waals surface area contributed by atoms with Crippen LogP contribution in [0.1, 0.15) is 42.7 Å². The lowest BCUT2D eigenvalue weighted by Crippen LogP contribution is -2.25. The highest BCUT2D eigenvalue weighted by atomic mass is 32.2. The smallest absolute Gasteiger partial charge is 0.260 e. The molecule has 2 aromatic heterocycles. The van der Waals surface area contributed by atoms with Crippen molar-refractivity contribution in [3.63, 3.8) is 0 Å². The van der Waals surface area contributed by atoms with Gasteiger partial charge in [0.05, 0.1) is 23.4 Å². The fraction of sp³-hybridized carbons (Fsp3) is 0.391. The normalized spacial score (nSPS) is 14.8. The summed E-state index contributed by atoms with van der Waals surface area (Å²) in [5.41, 5.74) is 2.96. The lowest BCUT2D eigenvalue weighted by Gasteiger charge is -2.10. The second-order valence-electron chi connectivity index (χ2n) is 7.87. The van der Waals surface area contributed by atoms with E-state index in [4.69, 9.17) is 0 Å². The molecule has 0 saturated heterocycles. The predicted octanol–water partition coefficient (Wildman–Crippen LogP) is 4.61. The van der Waals surface area contributed by atoms with Gasteiger partial charge in [0.15, 0.2) is 5.16 Å². The van der Waals surface area contributed by atoms with Crippen molar-refractivity contribution in [3.8, 4) is 0 Å². The summed E-state index contributed by atoms with van der Waals surface area (Å²) in [6, 6.07) is 9.91. The van der Waals surface area contributed by atoms with Crippen molar-refractivity contribution in [1.29, 1.82) is 0 Å². The highest BCUT2D eigenvalue weighted by Gasteiger charge is 2.22. The van der Waals surface area contributed by atoms with Gasteiger partial charge in [-0.1, -0.05) is 62.4 Å². The van der Waals surface area contributed by atoms with Crippen LogP contribution < -0.4 is 5.56 Å². The van der Waals surface area contributed by atoms with Crippen LogP contribution in [-0.2, 0) is 11.2 Å². The summed E-state index contributed by atoms with van der Waals surface area (Å²) in [7, 11) is 0. The summed E-state index contributed by atoms with van der Waals surface area (Å²) in [6.07, 6.45) is 2.70. The topological polar surface area (TPSA) is 78.4 Å². The zero-order chi connectivity index (χ0) is 22.0. The fourth-order valence-electron chi connectivity index (χ4n) is 3.64. The number of thioether (sulfide) groups is 1. The van der Waals surface area contributed by atoms with Crippen LogP contribution in [0.5, 0.6) is 0 Å². The number of rotatable bonds is 7. The molecule has 1 aromatic carbocycles. The average molecular weight is 455 g/mol. The minimum Gasteiger partial charge on any atom is -0.301 e. The average Bonchev–Trinajstić information content (AvgIpc) is 3.38. The molecule has 1 aliphatic heterocycles. The van der Waals surface area contributed by atoms with Crippen LogP contribution in [0.25, 0.3) is 10.2 Å². The van der Waals surface area contributed by atoms with Gasteiger partial charge < -0.3 is 4.98 Å². The van der Waals surface area contributed by atoms with Crippen LogP contribution >= 0.6 is 23.1 Å². The number of nitrogens with zero attached hydrogens (tertiary/aromatic N) is 3. The molecule has 1 amide bonds. The first kappa shape index (κ1) is 21.8. The first-order valence-corrected chi connectivity index (χ1v) is 12.3. The van der Waals surface area contributed by atoms with Crippen LogP contribution in [0.15, 0.2) is 45.4 Å². The Hall–Kier alpha value is -2.45. The van der Waals surface area contributed by atoms with Crippen LogP contribution in [0, 0.1) is 12.8 Å². The number of amides is 1. The monoisotopic (exact) mass is 454 g/mol. The van der Waals surface area contributed by atoms with Crippen LogP contribution in [0.3, 0.4) is 0 Å². The molecule has 1 atom stereocenters. The van der Waals surface area contributed by atoms with Crippen LogP contribution in [0.2, 0.25) is 0 Å². The SMILES string of the molecule is CC[C@@H](C)Cc1c(C)sc2nc(SCC(=O)N3CCC(c4ccccc4)=N3)[nH]c(=O)c12. The lowest BCUT2D eigenvalue weighted by molar-refractivity contribution is -0.127. The Morgan fingerprint density at radius 3 is 2.84 bits per heavy atom. The maximum absolute atomic E-state index is 12.8. The summed E-state index contributed by atoms with van der Waals surface area (Å²) in [6.45, 7) is 6.99. The summed E-state index contributed by atoms with van der Waals surface area (Å²) in [5.74, 6) is 0.618. The third kappa shape index (κ3) is 4.75. The summed E-state index contributed by atoms with van der Waals surface area (Å²) in [5, 5.41) is 7.19. The number of hydrogen-bond acceptors (Lipinski definition) is 6. The van der Waals surface area contributed by atoms with E-state index < -0.39 is 0 Å². The first-order valence-electron chi connectivity index (χ1n) is 10.5. The van der Waals surface area contributed by atoms with E-state index in [0.717, 1.165) is 45.8 Å². The number of thiophene rings is 1. The van der Waals surface area contributed by atoms with Crippen molar-refractivity contribution in [2.75, 3.05) is 12.3 Å². The molecular weight excluding hydrogens is 428 g/mol. The van der Waals surface area contributed by atoms with Gasteiger partial charge in [0.1, 0.15) is 4.83 Å². The van der Waals surface area contributed by atoms with E-state index in [0.29, 0.717) is 23.0 Å². The predicted molar refractivity (Wildman–Crippen MR) is 128 cm³/mol. The van der Waals surface area contributed by atoms with Crippen molar-refractivity contribution in [3.05, 3.63) is 56.7 Å². The van der Waals surface area contributed by atoms with Crippen LogP contribution in [0.4, 0.5) is 0 Å². The van der Waals surface area contributed by atoms with Gasteiger partial charge in [-0.05, 0) is 30.4 Å². The van der Waals surface area contributed by atoms with Gasteiger partial charge >= 0.3 is 0 Å². The quantitative estimate of drug-likeness (QED) is 0.418. The molecular formula is C23H26N4O2S2. The number of hydrazone groups is 1. The van der Waals surface area contributed by atoms with Gasteiger partial charge in [0.2, 0.25) is 0 Å². The lowest BCUT2D eigenvalue weighted by atomic mass is 9.98. The minimum absolute atomic E-state index is 0.0847. The number of aromatic nitrogens is 2. The highest BCUT2D eigenvalue weighted by molar-refractivity contribution is 7.99. The molecule has 0 unspecified atom stereocenters. The van der Waals surface area contributed by atoms with E-state index in [-0.39, 0.29) is 17.2 Å². The molecule has 0 aliphatic carbocycles. The Morgan fingerprint density at radius 2 is 2.10 bits per heavy atom. The third-order valence-corrected chi connectivity index (χ3v) is 7.52.